The Labute approximate surface area is 308 Å². The molecule has 3 aromatic rings. The number of rotatable bonds is 19. The third-order valence-corrected chi connectivity index (χ3v) is 7.83. The second kappa shape index (κ2) is 22.9. The number of hydrogen-bond acceptors (Lipinski definition) is 6. The molecule has 1 aromatic heterocycles. The van der Waals surface area contributed by atoms with Crippen molar-refractivity contribution in [2.75, 3.05) is 11.9 Å². The van der Waals surface area contributed by atoms with E-state index in [9.17, 15) is 36.7 Å². The Bertz CT molecular complexity index is 1600. The molecule has 0 aliphatic heterocycles. The van der Waals surface area contributed by atoms with Gasteiger partial charge in [-0.1, -0.05) is 46.6 Å². The Morgan fingerprint density at radius 1 is 0.698 bits per heavy atom. The first kappa shape index (κ1) is 44.3. The van der Waals surface area contributed by atoms with Crippen molar-refractivity contribution in [2.24, 2.45) is 5.92 Å². The zero-order valence-corrected chi connectivity index (χ0v) is 30.9. The first-order valence-electron chi connectivity index (χ1n) is 17.8. The van der Waals surface area contributed by atoms with Gasteiger partial charge < -0.3 is 26.4 Å². The van der Waals surface area contributed by atoms with E-state index >= 15 is 0 Å². The molecule has 0 bridgehead atoms. The van der Waals surface area contributed by atoms with Gasteiger partial charge in [-0.25, -0.2) is 27.3 Å². The molecule has 0 radical (unpaired) electrons. The van der Waals surface area contributed by atoms with Crippen molar-refractivity contribution in [3.05, 3.63) is 94.7 Å². The van der Waals surface area contributed by atoms with Gasteiger partial charge in [-0.05, 0) is 92.1 Å². The van der Waals surface area contributed by atoms with Crippen molar-refractivity contribution >= 4 is 29.5 Å². The Morgan fingerprint density at radius 2 is 1.19 bits per heavy atom. The monoisotopic (exact) mass is 745 g/mol. The minimum Gasteiger partial charge on any atom is -0.480 e. The molecule has 0 aliphatic carbocycles. The third-order valence-electron chi connectivity index (χ3n) is 7.83. The number of aliphatic carboxylic acids is 1. The van der Waals surface area contributed by atoms with Crippen molar-refractivity contribution in [3.8, 4) is 0 Å². The van der Waals surface area contributed by atoms with Gasteiger partial charge in [-0.2, -0.15) is 0 Å². The van der Waals surface area contributed by atoms with Gasteiger partial charge in [0.1, 0.15) is 41.2 Å². The molecule has 1 heterocycles. The van der Waals surface area contributed by atoms with Gasteiger partial charge in [0, 0.05) is 24.4 Å². The van der Waals surface area contributed by atoms with Crippen LogP contribution in [-0.2, 0) is 38.4 Å². The van der Waals surface area contributed by atoms with Crippen LogP contribution in [0.3, 0.4) is 0 Å². The summed E-state index contributed by atoms with van der Waals surface area (Å²) in [6, 6.07) is 8.08. The van der Waals surface area contributed by atoms with E-state index in [-0.39, 0.29) is 29.9 Å². The molecular formula is C39H51F4N5O5. The number of pyridine rings is 1. The maximum Gasteiger partial charge on any atom is 0.326 e. The third kappa shape index (κ3) is 18.0. The number of halogens is 4. The van der Waals surface area contributed by atoms with Crippen molar-refractivity contribution in [3.63, 3.8) is 0 Å². The summed E-state index contributed by atoms with van der Waals surface area (Å²) in [6.45, 7) is 11.2. The van der Waals surface area contributed by atoms with E-state index in [2.05, 4.69) is 47.0 Å². The van der Waals surface area contributed by atoms with E-state index in [0.29, 0.717) is 49.5 Å². The molecule has 2 aromatic carbocycles. The van der Waals surface area contributed by atoms with Crippen LogP contribution in [0.5, 0.6) is 0 Å². The topological polar surface area (TPSA) is 150 Å². The number of carbonyl (C=O) groups is 4. The summed E-state index contributed by atoms with van der Waals surface area (Å²) in [4.78, 5) is 51.9. The lowest BCUT2D eigenvalue weighted by molar-refractivity contribution is -0.142. The highest BCUT2D eigenvalue weighted by Crippen LogP contribution is 2.13. The minimum atomic E-state index is -1.12. The number of carboxylic acids is 1. The largest absolute Gasteiger partial charge is 0.480 e. The number of benzene rings is 2. The average molecular weight is 746 g/mol. The van der Waals surface area contributed by atoms with Crippen molar-refractivity contribution in [1.29, 1.82) is 0 Å². The normalized spacial score (nSPS) is 12.6. The van der Waals surface area contributed by atoms with Crippen LogP contribution in [0, 0.1) is 29.2 Å². The molecule has 53 heavy (non-hydrogen) atoms. The Hall–Kier alpha value is -4.85. The molecule has 0 spiro atoms. The summed E-state index contributed by atoms with van der Waals surface area (Å²) in [6.07, 6.45) is 5.13. The quantitative estimate of drug-likeness (QED) is 0.0909. The first-order valence-corrected chi connectivity index (χ1v) is 17.8. The SMILES string of the molecule is CCCC(NC(=O)Cc1cc(F)cc(F)c1)C(=O)Nc1ccc(CCC(C)NCC(C)C)cn1.CCCC(NC(=O)Cc1cc(F)cc(F)c1)C(=O)O. The van der Waals surface area contributed by atoms with E-state index in [0.717, 1.165) is 55.3 Å². The van der Waals surface area contributed by atoms with Gasteiger partial charge >= 0.3 is 5.97 Å². The highest BCUT2D eigenvalue weighted by Gasteiger charge is 2.21. The number of nitrogens with one attached hydrogen (secondary N) is 4. The lowest BCUT2D eigenvalue weighted by atomic mass is 10.1. The number of amides is 3. The average Bonchev–Trinajstić information content (AvgIpc) is 3.06. The van der Waals surface area contributed by atoms with Gasteiger partial charge in [0.15, 0.2) is 0 Å². The van der Waals surface area contributed by atoms with Crippen LogP contribution in [0.4, 0.5) is 23.4 Å². The van der Waals surface area contributed by atoms with Crippen LogP contribution >= 0.6 is 0 Å². The first-order chi connectivity index (χ1) is 25.1. The highest BCUT2D eigenvalue weighted by molar-refractivity contribution is 5.96. The molecule has 3 unspecified atom stereocenters. The number of aryl methyl sites for hydroxylation is 1. The van der Waals surface area contributed by atoms with Gasteiger partial charge in [0.25, 0.3) is 0 Å². The Balaban J connectivity index is 0.000000432. The standard InChI is InChI=1S/C26H36F2N4O2.C13H15F2NO3/c1-5-6-23(31-25(33)13-20-11-21(27)14-22(28)12-20)26(34)32-24-10-9-19(16-30-24)8-7-18(4)29-15-17(2)3;1-2-3-11(13(18)19)16-12(17)6-8-4-9(14)7-10(15)5-8/h9-12,14,16-18,23,29H,5-8,13,15H2,1-4H3,(H,31,33)(H,30,32,34);4-5,7,11H,2-3,6H2,1H3,(H,16,17)(H,18,19). The molecule has 10 nitrogen and oxygen atoms in total. The predicted molar refractivity (Wildman–Crippen MR) is 195 cm³/mol. The van der Waals surface area contributed by atoms with E-state index in [4.69, 9.17) is 5.11 Å². The molecule has 5 N–H and O–H groups in total. The zero-order valence-electron chi connectivity index (χ0n) is 30.9. The van der Waals surface area contributed by atoms with Crippen LogP contribution in [0.15, 0.2) is 54.7 Å². The fourth-order valence-electron chi connectivity index (χ4n) is 5.17. The van der Waals surface area contributed by atoms with Crippen LogP contribution in [0.2, 0.25) is 0 Å². The molecule has 3 amide bonds. The lowest BCUT2D eigenvalue weighted by Gasteiger charge is -2.18. The number of aromatic nitrogens is 1. The van der Waals surface area contributed by atoms with Crippen molar-refractivity contribution < 1.29 is 41.8 Å². The van der Waals surface area contributed by atoms with Crippen LogP contribution in [0.25, 0.3) is 0 Å². The summed E-state index contributed by atoms with van der Waals surface area (Å²) < 4.78 is 52.6. The molecule has 0 aliphatic rings. The second-order valence-corrected chi connectivity index (χ2v) is 13.3. The van der Waals surface area contributed by atoms with Gasteiger partial charge in [-0.3, -0.25) is 14.4 Å². The van der Waals surface area contributed by atoms with E-state index in [1.54, 1.807) is 19.2 Å². The molecule has 14 heteroatoms. The van der Waals surface area contributed by atoms with Crippen LogP contribution in [0.1, 0.15) is 83.4 Å². The minimum absolute atomic E-state index is 0.163. The van der Waals surface area contributed by atoms with E-state index in [1.165, 1.54) is 0 Å². The fourth-order valence-corrected chi connectivity index (χ4v) is 5.17. The van der Waals surface area contributed by atoms with Gasteiger partial charge in [0.2, 0.25) is 17.7 Å². The second-order valence-electron chi connectivity index (χ2n) is 13.3. The molecule has 0 saturated heterocycles. The number of carbonyl (C=O) groups excluding carboxylic acids is 3. The van der Waals surface area contributed by atoms with Gasteiger partial charge in [0.05, 0.1) is 12.8 Å². The summed E-state index contributed by atoms with van der Waals surface area (Å²) >= 11 is 0. The van der Waals surface area contributed by atoms with E-state index < -0.39 is 53.1 Å². The number of carboxylic acid groups (broad SMARTS) is 1. The predicted octanol–water partition coefficient (Wildman–Crippen LogP) is 6.27. The zero-order chi connectivity index (χ0) is 39.5. The number of anilines is 1. The Morgan fingerprint density at radius 3 is 1.62 bits per heavy atom. The highest BCUT2D eigenvalue weighted by atomic mass is 19.1. The molecular weight excluding hydrogens is 694 g/mol. The smallest absolute Gasteiger partial charge is 0.326 e. The summed E-state index contributed by atoms with van der Waals surface area (Å²) in [7, 11) is 0. The van der Waals surface area contributed by atoms with Crippen molar-refractivity contribution in [2.45, 2.75) is 104 Å². The number of hydrogen-bond donors (Lipinski definition) is 5. The number of nitrogens with zero attached hydrogens (tertiary/aromatic N) is 1. The summed E-state index contributed by atoms with van der Waals surface area (Å²) in [5.74, 6) is -4.60. The van der Waals surface area contributed by atoms with Crippen LogP contribution in [-0.4, -0.2) is 58.5 Å². The molecule has 3 rings (SSSR count). The summed E-state index contributed by atoms with van der Waals surface area (Å²) in [5, 5.41) is 20.1. The molecule has 3 atom stereocenters. The maximum atomic E-state index is 13.4. The van der Waals surface area contributed by atoms with Gasteiger partial charge in [-0.15, -0.1) is 0 Å². The molecule has 0 fully saturated rings. The van der Waals surface area contributed by atoms with Crippen molar-refractivity contribution in [1.82, 2.24) is 20.9 Å². The van der Waals surface area contributed by atoms with E-state index in [1.807, 2.05) is 13.0 Å². The Kier molecular flexibility index (Phi) is 19.2. The molecule has 290 valence electrons. The fraction of sp³-hybridized carbons (Fsp3) is 0.462. The van der Waals surface area contributed by atoms with Crippen LogP contribution < -0.4 is 21.3 Å². The maximum absolute atomic E-state index is 13.4. The lowest BCUT2D eigenvalue weighted by Crippen LogP contribution is -2.44. The molecule has 0 saturated carbocycles. The summed E-state index contributed by atoms with van der Waals surface area (Å²) in [5.41, 5.74) is 1.45.